The summed E-state index contributed by atoms with van der Waals surface area (Å²) in [6, 6.07) is 0. The van der Waals surface area contributed by atoms with Crippen LogP contribution in [0, 0.1) is 0 Å². The van der Waals surface area contributed by atoms with Gasteiger partial charge in [0.05, 0.1) is 0 Å². The van der Waals surface area contributed by atoms with Crippen molar-refractivity contribution in [1.29, 1.82) is 0 Å². The maximum atomic E-state index is 11.7. The average molecular weight is 276 g/mol. The summed E-state index contributed by atoms with van der Waals surface area (Å²) in [5.41, 5.74) is 8.22. The zero-order valence-corrected chi connectivity index (χ0v) is 11.1. The molecule has 2 fully saturated rings. The van der Waals surface area contributed by atoms with Crippen molar-refractivity contribution >= 4 is 5.91 Å². The van der Waals surface area contributed by atoms with E-state index in [-0.39, 0.29) is 18.4 Å². The Kier molecular flexibility index (Phi) is 3.56. The highest BCUT2D eigenvalue weighted by atomic mass is 16.5. The second kappa shape index (κ2) is 5.50. The van der Waals surface area contributed by atoms with Crippen molar-refractivity contribution in [2.75, 3.05) is 19.6 Å². The molecule has 2 heterocycles. The monoisotopic (exact) mass is 276 g/mol. The predicted octanol–water partition coefficient (Wildman–Crippen LogP) is 1.96. The molecule has 0 atom stereocenters. The van der Waals surface area contributed by atoms with Crippen LogP contribution in [-0.4, -0.2) is 40.6 Å². The van der Waals surface area contributed by atoms with Crippen LogP contribution in [0.2, 0.25) is 0 Å². The molecule has 0 aromatic carbocycles. The van der Waals surface area contributed by atoms with Crippen molar-refractivity contribution in [3.8, 4) is 0 Å². The second-order valence-electron chi connectivity index (χ2n) is 5.31. The lowest BCUT2D eigenvalue weighted by Crippen LogP contribution is -2.39. The highest BCUT2D eigenvalue weighted by Crippen LogP contribution is 2.39. The molecular weight excluding hydrogens is 260 g/mol. The van der Waals surface area contributed by atoms with Gasteiger partial charge in [0.2, 0.25) is 11.8 Å². The number of likely N-dealkylation sites (tertiary alicyclic amines) is 1. The van der Waals surface area contributed by atoms with E-state index >= 15 is 0 Å². The van der Waals surface area contributed by atoms with Gasteiger partial charge in [-0.2, -0.15) is 4.98 Å². The Labute approximate surface area is 115 Å². The molecule has 8 nitrogen and oxygen atoms in total. The molecule has 20 heavy (non-hydrogen) atoms. The molecule has 106 valence electrons. The van der Waals surface area contributed by atoms with E-state index in [1.807, 2.05) is 0 Å². The van der Waals surface area contributed by atoms with Gasteiger partial charge >= 0.3 is 0 Å². The molecule has 0 bridgehead atoms. The molecule has 0 unspecified atom stereocenters. The van der Waals surface area contributed by atoms with Crippen LogP contribution in [0.1, 0.15) is 49.2 Å². The lowest BCUT2D eigenvalue weighted by Gasteiger charge is -2.30. The van der Waals surface area contributed by atoms with Crippen LogP contribution in [0.3, 0.4) is 0 Å². The Bertz CT molecular complexity index is 538. The molecular formula is C12H16N6O2. The minimum atomic E-state index is -0.120. The summed E-state index contributed by atoms with van der Waals surface area (Å²) in [6.07, 6.45) is 3.94. The number of aromatic nitrogens is 2. The Morgan fingerprint density at radius 1 is 1.35 bits per heavy atom. The van der Waals surface area contributed by atoms with Crippen molar-refractivity contribution in [3.63, 3.8) is 0 Å². The Morgan fingerprint density at radius 3 is 2.75 bits per heavy atom. The summed E-state index contributed by atoms with van der Waals surface area (Å²) >= 11 is 0. The minimum Gasteiger partial charge on any atom is -0.343 e. The van der Waals surface area contributed by atoms with Gasteiger partial charge in [-0.25, -0.2) is 0 Å². The predicted molar refractivity (Wildman–Crippen MR) is 68.8 cm³/mol. The van der Waals surface area contributed by atoms with E-state index in [9.17, 15) is 4.79 Å². The Hall–Kier alpha value is -2.08. The van der Waals surface area contributed by atoms with Crippen LogP contribution < -0.4 is 0 Å². The number of carbonyl (C=O) groups excluding carboxylic acids is 1. The fraction of sp³-hybridized carbons (Fsp3) is 0.750. The van der Waals surface area contributed by atoms with E-state index in [0.29, 0.717) is 24.9 Å². The fourth-order valence-electron chi connectivity index (χ4n) is 2.49. The van der Waals surface area contributed by atoms with E-state index in [4.69, 9.17) is 10.1 Å². The number of azide groups is 1. The van der Waals surface area contributed by atoms with E-state index < -0.39 is 0 Å². The number of rotatable bonds is 4. The maximum absolute atomic E-state index is 11.7. The molecule has 1 amide bonds. The summed E-state index contributed by atoms with van der Waals surface area (Å²) in [6.45, 7) is 1.19. The van der Waals surface area contributed by atoms with Crippen LogP contribution in [0.4, 0.5) is 0 Å². The van der Waals surface area contributed by atoms with Crippen LogP contribution >= 0.6 is 0 Å². The van der Waals surface area contributed by atoms with Gasteiger partial charge in [-0.15, -0.1) is 0 Å². The number of carbonyl (C=O) groups is 1. The van der Waals surface area contributed by atoms with Gasteiger partial charge in [-0.05, 0) is 31.2 Å². The zero-order chi connectivity index (χ0) is 13.9. The molecule has 0 spiro atoms. The zero-order valence-electron chi connectivity index (χ0n) is 11.1. The van der Waals surface area contributed by atoms with Gasteiger partial charge < -0.3 is 9.42 Å². The Morgan fingerprint density at radius 2 is 2.10 bits per heavy atom. The molecule has 1 aliphatic heterocycles. The number of hydrogen-bond acceptors (Lipinski definition) is 5. The van der Waals surface area contributed by atoms with Crippen molar-refractivity contribution < 1.29 is 9.32 Å². The topological polar surface area (TPSA) is 108 Å². The van der Waals surface area contributed by atoms with Crippen LogP contribution in [0.5, 0.6) is 0 Å². The molecule has 1 aromatic heterocycles. The highest BCUT2D eigenvalue weighted by Gasteiger charge is 2.32. The quantitative estimate of drug-likeness (QED) is 0.475. The van der Waals surface area contributed by atoms with Gasteiger partial charge in [-0.1, -0.05) is 10.3 Å². The average Bonchev–Trinajstić information content (AvgIpc) is 3.22. The van der Waals surface area contributed by atoms with Gasteiger partial charge in [-0.3, -0.25) is 4.79 Å². The van der Waals surface area contributed by atoms with Crippen molar-refractivity contribution in [1.82, 2.24) is 15.0 Å². The molecule has 1 saturated heterocycles. The third kappa shape index (κ3) is 2.75. The number of piperidine rings is 1. The summed E-state index contributed by atoms with van der Waals surface area (Å²) in [5.74, 6) is 2.15. The van der Waals surface area contributed by atoms with E-state index in [1.54, 1.807) is 4.90 Å². The van der Waals surface area contributed by atoms with E-state index in [2.05, 4.69) is 20.2 Å². The molecule has 2 aliphatic rings. The smallest absolute Gasteiger partial charge is 0.229 e. The molecule has 3 rings (SSSR count). The lowest BCUT2D eigenvalue weighted by atomic mass is 9.97. The first-order valence-electron chi connectivity index (χ1n) is 6.90. The number of hydrogen-bond donors (Lipinski definition) is 0. The lowest BCUT2D eigenvalue weighted by molar-refractivity contribution is -0.130. The molecule has 1 aromatic rings. The number of nitrogens with zero attached hydrogens (tertiary/aromatic N) is 6. The second-order valence-corrected chi connectivity index (χ2v) is 5.31. The molecule has 1 saturated carbocycles. The van der Waals surface area contributed by atoms with Crippen molar-refractivity contribution in [3.05, 3.63) is 22.2 Å². The van der Waals surface area contributed by atoms with Crippen LogP contribution in [0.25, 0.3) is 10.4 Å². The summed E-state index contributed by atoms with van der Waals surface area (Å²) in [5, 5.41) is 7.33. The summed E-state index contributed by atoms with van der Waals surface area (Å²) in [4.78, 5) is 20.5. The molecule has 1 aliphatic carbocycles. The maximum Gasteiger partial charge on any atom is 0.229 e. The molecule has 8 heteroatoms. The SMILES string of the molecule is [N-]=[N+]=NCC(=O)N1CCC(c2nc(C3CC3)no2)CC1. The van der Waals surface area contributed by atoms with Gasteiger partial charge in [0.1, 0.15) is 6.54 Å². The first kappa shape index (κ1) is 12.9. The van der Waals surface area contributed by atoms with Gasteiger partial charge in [0, 0.05) is 29.8 Å². The first-order chi connectivity index (χ1) is 9.78. The minimum absolute atomic E-state index is 0.104. The normalized spacial score (nSPS) is 19.7. The third-order valence-corrected chi connectivity index (χ3v) is 3.87. The summed E-state index contributed by atoms with van der Waals surface area (Å²) < 4.78 is 5.33. The number of amides is 1. The van der Waals surface area contributed by atoms with Gasteiger partial charge in [0.15, 0.2) is 5.82 Å². The van der Waals surface area contributed by atoms with E-state index in [0.717, 1.165) is 31.5 Å². The first-order valence-corrected chi connectivity index (χ1v) is 6.90. The molecule has 0 radical (unpaired) electrons. The highest BCUT2D eigenvalue weighted by molar-refractivity contribution is 5.78. The van der Waals surface area contributed by atoms with Crippen molar-refractivity contribution in [2.24, 2.45) is 5.11 Å². The summed E-state index contributed by atoms with van der Waals surface area (Å²) in [7, 11) is 0. The van der Waals surface area contributed by atoms with E-state index in [1.165, 1.54) is 0 Å². The standard InChI is InChI=1S/C12H16N6O2/c13-17-14-7-10(19)18-5-3-9(4-6-18)12-15-11(16-20-12)8-1-2-8/h8-9H,1-7H2. The Balaban J connectivity index is 1.54. The third-order valence-electron chi connectivity index (χ3n) is 3.87. The molecule has 0 N–H and O–H groups in total. The van der Waals surface area contributed by atoms with Gasteiger partial charge in [0.25, 0.3) is 0 Å². The van der Waals surface area contributed by atoms with Crippen LogP contribution in [-0.2, 0) is 4.79 Å². The van der Waals surface area contributed by atoms with Crippen molar-refractivity contribution in [2.45, 2.75) is 37.5 Å². The largest absolute Gasteiger partial charge is 0.343 e. The van der Waals surface area contributed by atoms with Crippen LogP contribution in [0.15, 0.2) is 9.64 Å². The fourth-order valence-corrected chi connectivity index (χ4v) is 2.49.